The number of aryl methyl sites for hydroxylation is 1. The van der Waals surface area contributed by atoms with Crippen LogP contribution in [0.2, 0.25) is 0 Å². The molecule has 0 unspecified atom stereocenters. The Labute approximate surface area is 127 Å². The standard InChI is InChI=1S/C13H9BrN2O5/c1-7-5-11(15-6-8(7)14)21-10-4-2-3-9(16(19)20)12(10)13(17)18/h2-6H,1H3,(H,17,18). The van der Waals surface area contributed by atoms with Crippen LogP contribution in [-0.2, 0) is 0 Å². The molecule has 0 aliphatic rings. The fraction of sp³-hybridized carbons (Fsp3) is 0.0769. The summed E-state index contributed by atoms with van der Waals surface area (Å²) < 4.78 is 6.15. The van der Waals surface area contributed by atoms with Crippen molar-refractivity contribution in [3.8, 4) is 11.6 Å². The summed E-state index contributed by atoms with van der Waals surface area (Å²) in [6, 6.07) is 5.40. The molecule has 0 fully saturated rings. The van der Waals surface area contributed by atoms with E-state index in [4.69, 9.17) is 9.84 Å². The number of aromatic carboxylic acids is 1. The Morgan fingerprint density at radius 1 is 1.48 bits per heavy atom. The fourth-order valence-corrected chi connectivity index (χ4v) is 1.87. The van der Waals surface area contributed by atoms with Crippen molar-refractivity contribution >= 4 is 27.6 Å². The van der Waals surface area contributed by atoms with Crippen molar-refractivity contribution in [2.75, 3.05) is 0 Å². The first-order chi connectivity index (χ1) is 9.90. The van der Waals surface area contributed by atoms with Crippen molar-refractivity contribution < 1.29 is 19.6 Å². The van der Waals surface area contributed by atoms with Crippen molar-refractivity contribution in [3.63, 3.8) is 0 Å². The summed E-state index contributed by atoms with van der Waals surface area (Å²) in [6.07, 6.45) is 1.50. The second-order valence-electron chi connectivity index (χ2n) is 4.09. The highest BCUT2D eigenvalue weighted by Gasteiger charge is 2.25. The molecule has 0 aliphatic heterocycles. The number of halogens is 1. The van der Waals surface area contributed by atoms with E-state index in [0.29, 0.717) is 0 Å². The first-order valence-electron chi connectivity index (χ1n) is 5.71. The molecule has 1 aromatic carbocycles. The third-order valence-corrected chi connectivity index (χ3v) is 3.48. The van der Waals surface area contributed by atoms with Gasteiger partial charge in [0.15, 0.2) is 11.3 Å². The number of carboxylic acid groups (broad SMARTS) is 1. The van der Waals surface area contributed by atoms with Gasteiger partial charge in [0.2, 0.25) is 5.88 Å². The highest BCUT2D eigenvalue weighted by atomic mass is 79.9. The number of carbonyl (C=O) groups is 1. The summed E-state index contributed by atoms with van der Waals surface area (Å²) in [7, 11) is 0. The number of benzene rings is 1. The number of pyridine rings is 1. The number of nitro groups is 1. The van der Waals surface area contributed by atoms with E-state index in [1.165, 1.54) is 18.3 Å². The molecule has 0 bridgehead atoms. The maximum Gasteiger partial charge on any atom is 0.346 e. The molecule has 8 heteroatoms. The minimum absolute atomic E-state index is 0.133. The monoisotopic (exact) mass is 352 g/mol. The van der Waals surface area contributed by atoms with Gasteiger partial charge in [0, 0.05) is 22.8 Å². The number of hydrogen-bond donors (Lipinski definition) is 1. The zero-order chi connectivity index (χ0) is 15.6. The van der Waals surface area contributed by atoms with Crippen LogP contribution in [-0.4, -0.2) is 21.0 Å². The number of carboxylic acids is 1. The van der Waals surface area contributed by atoms with Gasteiger partial charge in [-0.15, -0.1) is 0 Å². The molecule has 2 rings (SSSR count). The molecule has 0 atom stereocenters. The second-order valence-corrected chi connectivity index (χ2v) is 4.94. The normalized spacial score (nSPS) is 10.2. The van der Waals surface area contributed by atoms with Gasteiger partial charge < -0.3 is 9.84 Å². The average Bonchev–Trinajstić information content (AvgIpc) is 2.42. The zero-order valence-corrected chi connectivity index (χ0v) is 12.3. The van der Waals surface area contributed by atoms with Gasteiger partial charge in [-0.05, 0) is 34.5 Å². The molecule has 0 radical (unpaired) electrons. The molecule has 1 N–H and O–H groups in total. The molecule has 108 valence electrons. The lowest BCUT2D eigenvalue weighted by atomic mass is 10.1. The van der Waals surface area contributed by atoms with E-state index in [0.717, 1.165) is 16.1 Å². The summed E-state index contributed by atoms with van der Waals surface area (Å²) >= 11 is 3.28. The van der Waals surface area contributed by atoms with Gasteiger partial charge in [-0.2, -0.15) is 0 Å². The summed E-state index contributed by atoms with van der Waals surface area (Å²) in [4.78, 5) is 25.4. The first-order valence-corrected chi connectivity index (χ1v) is 6.50. The van der Waals surface area contributed by atoms with Crippen LogP contribution in [0.1, 0.15) is 15.9 Å². The van der Waals surface area contributed by atoms with Crippen molar-refractivity contribution in [2.45, 2.75) is 6.92 Å². The molecule has 1 aromatic heterocycles. The Kier molecular flexibility index (Phi) is 4.18. The molecule has 0 spiro atoms. The lowest BCUT2D eigenvalue weighted by molar-refractivity contribution is -0.385. The van der Waals surface area contributed by atoms with Crippen LogP contribution in [0.3, 0.4) is 0 Å². The second kappa shape index (κ2) is 5.88. The van der Waals surface area contributed by atoms with E-state index in [1.807, 2.05) is 6.92 Å². The van der Waals surface area contributed by atoms with Crippen molar-refractivity contribution in [2.24, 2.45) is 0 Å². The van der Waals surface area contributed by atoms with E-state index in [2.05, 4.69) is 20.9 Å². The predicted molar refractivity (Wildman–Crippen MR) is 76.8 cm³/mol. The molecule has 0 aliphatic carbocycles. The summed E-state index contributed by atoms with van der Waals surface area (Å²) in [5, 5.41) is 20.1. The molecule has 0 saturated carbocycles. The third-order valence-electron chi connectivity index (χ3n) is 2.65. The van der Waals surface area contributed by atoms with Gasteiger partial charge in [-0.25, -0.2) is 9.78 Å². The highest BCUT2D eigenvalue weighted by Crippen LogP contribution is 2.32. The Balaban J connectivity index is 2.48. The molecule has 21 heavy (non-hydrogen) atoms. The Morgan fingerprint density at radius 2 is 2.19 bits per heavy atom. The van der Waals surface area contributed by atoms with E-state index in [1.54, 1.807) is 6.07 Å². The van der Waals surface area contributed by atoms with E-state index >= 15 is 0 Å². The summed E-state index contributed by atoms with van der Waals surface area (Å²) in [5.41, 5.74) is -0.207. The maximum absolute atomic E-state index is 11.2. The van der Waals surface area contributed by atoms with Crippen LogP contribution in [0, 0.1) is 17.0 Å². The third kappa shape index (κ3) is 3.16. The summed E-state index contributed by atoms with van der Waals surface area (Å²) in [6.45, 7) is 1.81. The van der Waals surface area contributed by atoms with Gasteiger partial charge >= 0.3 is 5.97 Å². The Morgan fingerprint density at radius 3 is 2.76 bits per heavy atom. The van der Waals surface area contributed by atoms with Gasteiger partial charge in [0.25, 0.3) is 5.69 Å². The van der Waals surface area contributed by atoms with Crippen molar-refractivity contribution in [1.82, 2.24) is 4.98 Å². The minimum atomic E-state index is -1.44. The maximum atomic E-state index is 11.2. The van der Waals surface area contributed by atoms with Gasteiger partial charge in [-0.3, -0.25) is 10.1 Å². The lowest BCUT2D eigenvalue weighted by Crippen LogP contribution is -2.05. The van der Waals surface area contributed by atoms with Crippen LogP contribution in [0.5, 0.6) is 11.6 Å². The zero-order valence-electron chi connectivity index (χ0n) is 10.7. The molecule has 1 heterocycles. The highest BCUT2D eigenvalue weighted by molar-refractivity contribution is 9.10. The van der Waals surface area contributed by atoms with Crippen molar-refractivity contribution in [1.29, 1.82) is 0 Å². The van der Waals surface area contributed by atoms with Crippen LogP contribution in [0.25, 0.3) is 0 Å². The first kappa shape index (κ1) is 14.9. The fourth-order valence-electron chi connectivity index (χ4n) is 1.65. The predicted octanol–water partition coefficient (Wildman–Crippen LogP) is 3.55. The van der Waals surface area contributed by atoms with Gasteiger partial charge in [-0.1, -0.05) is 6.07 Å². The van der Waals surface area contributed by atoms with Crippen LogP contribution < -0.4 is 4.74 Å². The molecule has 0 amide bonds. The minimum Gasteiger partial charge on any atom is -0.477 e. The van der Waals surface area contributed by atoms with Gasteiger partial charge in [0.05, 0.1) is 4.92 Å². The van der Waals surface area contributed by atoms with E-state index in [-0.39, 0.29) is 11.6 Å². The molecule has 0 saturated heterocycles. The Bertz CT molecular complexity index is 732. The van der Waals surface area contributed by atoms with E-state index < -0.39 is 22.1 Å². The number of rotatable bonds is 4. The molecule has 7 nitrogen and oxygen atoms in total. The number of aromatic nitrogens is 1. The topological polar surface area (TPSA) is 103 Å². The lowest BCUT2D eigenvalue weighted by Gasteiger charge is -2.09. The molecular formula is C13H9BrN2O5. The van der Waals surface area contributed by atoms with Crippen LogP contribution in [0.4, 0.5) is 5.69 Å². The number of nitrogens with zero attached hydrogens (tertiary/aromatic N) is 2. The van der Waals surface area contributed by atoms with Crippen LogP contribution in [0.15, 0.2) is 34.9 Å². The number of hydrogen-bond acceptors (Lipinski definition) is 5. The SMILES string of the molecule is Cc1cc(Oc2cccc([N+](=O)[O-])c2C(=O)O)ncc1Br. The van der Waals surface area contributed by atoms with Gasteiger partial charge in [0.1, 0.15) is 0 Å². The molecular weight excluding hydrogens is 344 g/mol. The van der Waals surface area contributed by atoms with E-state index in [9.17, 15) is 14.9 Å². The van der Waals surface area contributed by atoms with Crippen molar-refractivity contribution in [3.05, 3.63) is 56.2 Å². The number of nitro benzene ring substituents is 1. The smallest absolute Gasteiger partial charge is 0.346 e. The number of ether oxygens (including phenoxy) is 1. The average molecular weight is 353 g/mol. The summed E-state index contributed by atoms with van der Waals surface area (Å²) in [5.74, 6) is -1.42. The Hall–Kier alpha value is -2.48. The van der Waals surface area contributed by atoms with Crippen LogP contribution >= 0.6 is 15.9 Å². The largest absolute Gasteiger partial charge is 0.477 e. The molecule has 2 aromatic rings. The quantitative estimate of drug-likeness (QED) is 0.666.